The minimum Gasteiger partial charge on any atom is -0.351 e. The average molecular weight is 401 g/mol. The van der Waals surface area contributed by atoms with Crippen LogP contribution in [0.25, 0.3) is 0 Å². The van der Waals surface area contributed by atoms with E-state index in [2.05, 4.69) is 28.1 Å². The lowest BCUT2D eigenvalue weighted by molar-refractivity contribution is -0.113. The van der Waals surface area contributed by atoms with E-state index in [0.29, 0.717) is 16.4 Å². The zero-order valence-electron chi connectivity index (χ0n) is 16.0. The lowest BCUT2D eigenvalue weighted by atomic mass is 9.88. The number of aryl methyl sites for hydroxylation is 3. The molecule has 3 N–H and O–H groups in total. The number of thiocarbonyl (C=S) groups is 1. The quantitative estimate of drug-likeness (QED) is 0.671. The molecule has 1 amide bonds. The Balaban J connectivity index is 2.02. The van der Waals surface area contributed by atoms with Crippen LogP contribution in [-0.4, -0.2) is 11.0 Å². The molecule has 1 aliphatic heterocycles. The highest BCUT2D eigenvalue weighted by Gasteiger charge is 2.32. The molecule has 0 unspecified atom stereocenters. The Bertz CT molecular complexity index is 994. The topological polar surface area (TPSA) is 53.2 Å². The van der Waals surface area contributed by atoms with Crippen molar-refractivity contribution in [3.63, 3.8) is 0 Å². The summed E-state index contributed by atoms with van der Waals surface area (Å²) < 4.78 is 26.7. The summed E-state index contributed by atoms with van der Waals surface area (Å²) in [6, 6.07) is 6.89. The van der Waals surface area contributed by atoms with Crippen LogP contribution in [0.1, 0.15) is 35.2 Å². The third-order valence-electron chi connectivity index (χ3n) is 4.72. The first-order chi connectivity index (χ1) is 13.2. The molecule has 4 nitrogen and oxygen atoms in total. The van der Waals surface area contributed by atoms with Crippen molar-refractivity contribution in [1.29, 1.82) is 0 Å². The molecule has 0 saturated heterocycles. The van der Waals surface area contributed by atoms with Crippen molar-refractivity contribution in [2.45, 2.75) is 33.7 Å². The third-order valence-corrected chi connectivity index (χ3v) is 4.94. The minimum absolute atomic E-state index is 0.174. The molecule has 146 valence electrons. The van der Waals surface area contributed by atoms with Gasteiger partial charge in [0.25, 0.3) is 5.91 Å². The van der Waals surface area contributed by atoms with E-state index < -0.39 is 23.6 Å². The Hall–Kier alpha value is -2.80. The van der Waals surface area contributed by atoms with Gasteiger partial charge in [-0.3, -0.25) is 4.79 Å². The van der Waals surface area contributed by atoms with Crippen LogP contribution in [0.3, 0.4) is 0 Å². The summed E-state index contributed by atoms with van der Waals surface area (Å²) in [5.74, 6) is -2.41. The maximum atomic E-state index is 13.5. The van der Waals surface area contributed by atoms with Gasteiger partial charge in [-0.2, -0.15) is 0 Å². The Morgan fingerprint density at radius 3 is 2.29 bits per heavy atom. The van der Waals surface area contributed by atoms with Gasteiger partial charge in [-0.15, -0.1) is 0 Å². The lowest BCUT2D eigenvalue weighted by Crippen LogP contribution is -2.46. The van der Waals surface area contributed by atoms with E-state index in [4.69, 9.17) is 12.2 Å². The van der Waals surface area contributed by atoms with E-state index in [1.54, 1.807) is 6.92 Å². The largest absolute Gasteiger partial charge is 0.351 e. The van der Waals surface area contributed by atoms with Crippen molar-refractivity contribution in [3.05, 3.63) is 75.5 Å². The van der Waals surface area contributed by atoms with Gasteiger partial charge in [-0.05, 0) is 68.7 Å². The zero-order chi connectivity index (χ0) is 20.6. The van der Waals surface area contributed by atoms with E-state index in [-0.39, 0.29) is 5.69 Å². The van der Waals surface area contributed by atoms with Crippen LogP contribution < -0.4 is 16.0 Å². The van der Waals surface area contributed by atoms with Gasteiger partial charge in [-0.1, -0.05) is 17.7 Å². The number of allylic oxidation sites excluding steroid dienone is 1. The maximum absolute atomic E-state index is 13.5. The predicted octanol–water partition coefficient (Wildman–Crippen LogP) is 4.32. The molecule has 0 aliphatic carbocycles. The van der Waals surface area contributed by atoms with Crippen molar-refractivity contribution in [2.75, 3.05) is 5.32 Å². The molecular formula is C21H21F2N3OS. The van der Waals surface area contributed by atoms with Gasteiger partial charge in [-0.25, -0.2) is 8.78 Å². The second-order valence-corrected chi connectivity index (χ2v) is 7.37. The third kappa shape index (κ3) is 3.89. The smallest absolute Gasteiger partial charge is 0.255 e. The molecule has 0 bridgehead atoms. The summed E-state index contributed by atoms with van der Waals surface area (Å²) in [4.78, 5) is 13.0. The van der Waals surface area contributed by atoms with Crippen molar-refractivity contribution in [3.8, 4) is 0 Å². The Morgan fingerprint density at radius 1 is 1.04 bits per heavy atom. The fraction of sp³-hybridized carbons (Fsp3) is 0.238. The highest BCUT2D eigenvalue weighted by atomic mass is 32.1. The minimum atomic E-state index is -1.02. The molecule has 2 aromatic rings. The number of hydrogen-bond donors (Lipinski definition) is 3. The first-order valence-corrected chi connectivity index (χ1v) is 9.20. The van der Waals surface area contributed by atoms with Crippen LogP contribution in [0.15, 0.2) is 41.6 Å². The molecule has 28 heavy (non-hydrogen) atoms. The molecule has 1 heterocycles. The SMILES string of the molecule is CC1=C(C(=O)Nc2ccc(F)c(F)c2)[C@H](c2c(C)cc(C)cc2C)NC(=S)N1. The van der Waals surface area contributed by atoms with E-state index >= 15 is 0 Å². The molecule has 2 aromatic carbocycles. The normalized spacial score (nSPS) is 16.5. The summed E-state index contributed by atoms with van der Waals surface area (Å²) in [5, 5.41) is 9.21. The molecule has 0 aromatic heterocycles. The van der Waals surface area contributed by atoms with Crippen LogP contribution in [0.4, 0.5) is 14.5 Å². The van der Waals surface area contributed by atoms with Crippen molar-refractivity contribution in [2.24, 2.45) is 0 Å². The van der Waals surface area contributed by atoms with Crippen molar-refractivity contribution in [1.82, 2.24) is 10.6 Å². The number of carbonyl (C=O) groups is 1. The van der Waals surface area contributed by atoms with Crippen LogP contribution in [-0.2, 0) is 4.79 Å². The molecule has 0 saturated carbocycles. The van der Waals surface area contributed by atoms with Gasteiger partial charge in [0.2, 0.25) is 0 Å². The zero-order valence-corrected chi connectivity index (χ0v) is 16.9. The molecule has 3 rings (SSSR count). The Morgan fingerprint density at radius 2 is 1.68 bits per heavy atom. The first-order valence-electron chi connectivity index (χ1n) is 8.79. The summed E-state index contributed by atoms with van der Waals surface area (Å²) >= 11 is 5.29. The molecule has 0 radical (unpaired) electrons. The fourth-order valence-corrected chi connectivity index (χ4v) is 3.90. The van der Waals surface area contributed by atoms with Crippen LogP contribution in [0, 0.1) is 32.4 Å². The summed E-state index contributed by atoms with van der Waals surface area (Å²) in [6.45, 7) is 7.76. The van der Waals surface area contributed by atoms with Gasteiger partial charge in [0, 0.05) is 17.5 Å². The van der Waals surface area contributed by atoms with E-state index in [1.807, 2.05) is 20.8 Å². The number of rotatable bonds is 3. The Kier molecular flexibility index (Phi) is 5.47. The predicted molar refractivity (Wildman–Crippen MR) is 110 cm³/mol. The molecule has 7 heteroatoms. The number of hydrogen-bond acceptors (Lipinski definition) is 2. The second kappa shape index (κ2) is 7.67. The highest BCUT2D eigenvalue weighted by molar-refractivity contribution is 7.80. The number of benzene rings is 2. The van der Waals surface area contributed by atoms with Gasteiger partial charge < -0.3 is 16.0 Å². The molecule has 0 fully saturated rings. The fourth-order valence-electron chi connectivity index (χ4n) is 3.63. The summed E-state index contributed by atoms with van der Waals surface area (Å²) in [7, 11) is 0. The number of amides is 1. The first kappa shape index (κ1) is 19.9. The number of halogens is 2. The van der Waals surface area contributed by atoms with Crippen LogP contribution in [0.2, 0.25) is 0 Å². The van der Waals surface area contributed by atoms with Crippen molar-refractivity contribution >= 4 is 28.9 Å². The van der Waals surface area contributed by atoms with Gasteiger partial charge >= 0.3 is 0 Å². The number of nitrogens with one attached hydrogen (secondary N) is 3. The van der Waals surface area contributed by atoms with E-state index in [9.17, 15) is 13.6 Å². The van der Waals surface area contributed by atoms with Gasteiger partial charge in [0.05, 0.1) is 11.6 Å². The standard InChI is InChI=1S/C21H21F2N3OS/c1-10-7-11(2)17(12(3)8-10)19-18(13(4)24-21(28)26-19)20(27)25-14-5-6-15(22)16(23)9-14/h5-9,19H,1-4H3,(H,25,27)(H2,24,26,28)/t19-/m0/s1. The van der Waals surface area contributed by atoms with Gasteiger partial charge in [0.15, 0.2) is 16.7 Å². The maximum Gasteiger partial charge on any atom is 0.255 e. The Labute approximate surface area is 168 Å². The average Bonchev–Trinajstić information content (AvgIpc) is 2.56. The summed E-state index contributed by atoms with van der Waals surface area (Å²) in [6.07, 6.45) is 0. The summed E-state index contributed by atoms with van der Waals surface area (Å²) in [5.41, 5.74) is 5.37. The van der Waals surface area contributed by atoms with Crippen molar-refractivity contribution < 1.29 is 13.6 Å². The monoisotopic (exact) mass is 401 g/mol. The molecule has 1 aliphatic rings. The van der Waals surface area contributed by atoms with E-state index in [0.717, 1.165) is 34.4 Å². The van der Waals surface area contributed by atoms with Crippen LogP contribution in [0.5, 0.6) is 0 Å². The molecule has 0 spiro atoms. The number of carbonyl (C=O) groups excluding carboxylic acids is 1. The lowest BCUT2D eigenvalue weighted by Gasteiger charge is -2.32. The molecular weight excluding hydrogens is 380 g/mol. The van der Waals surface area contributed by atoms with Crippen LogP contribution >= 0.6 is 12.2 Å². The van der Waals surface area contributed by atoms with Gasteiger partial charge in [0.1, 0.15) is 0 Å². The molecule has 1 atom stereocenters. The van der Waals surface area contributed by atoms with E-state index in [1.165, 1.54) is 6.07 Å². The number of anilines is 1. The highest BCUT2D eigenvalue weighted by Crippen LogP contribution is 2.32. The second-order valence-electron chi connectivity index (χ2n) is 6.97.